The van der Waals surface area contributed by atoms with Crippen molar-refractivity contribution in [2.75, 3.05) is 0 Å². The molecule has 0 aromatic rings. The van der Waals surface area contributed by atoms with Crippen LogP contribution in [-0.4, -0.2) is 13.3 Å². The van der Waals surface area contributed by atoms with Gasteiger partial charge in [-0.2, -0.15) is 0 Å². The normalized spacial score (nSPS) is 13.6. The monoisotopic (exact) mass is 230 g/mol. The molecule has 0 fully saturated rings. The molecule has 0 unspecified atom stereocenters. The maximum atomic E-state index is 2.40. The first-order chi connectivity index (χ1) is 5.64. The molecule has 0 aromatic heterocycles. The van der Waals surface area contributed by atoms with Crippen molar-refractivity contribution < 1.29 is 0 Å². The summed E-state index contributed by atoms with van der Waals surface area (Å²) < 4.78 is 0. The summed E-state index contributed by atoms with van der Waals surface area (Å²) in [5.41, 5.74) is 1.63. The molecule has 0 bridgehead atoms. The molecule has 0 aliphatic carbocycles. The van der Waals surface area contributed by atoms with Crippen molar-refractivity contribution in [1.82, 2.24) is 0 Å². The molecule has 0 N–H and O–H groups in total. The number of hydrogen-bond acceptors (Lipinski definition) is 0. The Kier molecular flexibility index (Phi) is 5.99. The second kappa shape index (κ2) is 5.85. The Morgan fingerprint density at radius 3 is 1.75 bits per heavy atom. The van der Waals surface area contributed by atoms with Crippen LogP contribution in [0.4, 0.5) is 0 Å². The van der Waals surface area contributed by atoms with E-state index in [2.05, 4.69) is 40.7 Å². The molecule has 12 heavy (non-hydrogen) atoms. The molecule has 0 aliphatic heterocycles. The summed E-state index contributed by atoms with van der Waals surface area (Å²) in [7, 11) is 0. The van der Waals surface area contributed by atoms with Crippen LogP contribution in [0.2, 0.25) is 21.0 Å². The minimum absolute atomic E-state index is 1.38. The topological polar surface area (TPSA) is 0 Å². The van der Waals surface area contributed by atoms with Gasteiger partial charge in [-0.25, -0.2) is 0 Å². The van der Waals surface area contributed by atoms with Crippen LogP contribution >= 0.6 is 0 Å². The molecular formula is C11H24Ge. The SMILES string of the molecule is C/C=C(/C)[CH2][Ge]([CH2]C)([CH2]C)[CH2]C. The van der Waals surface area contributed by atoms with E-state index in [1.807, 2.05) is 0 Å². The van der Waals surface area contributed by atoms with Crippen LogP contribution in [0, 0.1) is 0 Å². The second-order valence-electron chi connectivity index (χ2n) is 3.87. The summed E-state index contributed by atoms with van der Waals surface area (Å²) in [6.07, 6.45) is 2.29. The van der Waals surface area contributed by atoms with E-state index in [9.17, 15) is 0 Å². The van der Waals surface area contributed by atoms with Crippen LogP contribution in [0.1, 0.15) is 34.6 Å². The van der Waals surface area contributed by atoms with Crippen LogP contribution in [0.15, 0.2) is 11.6 Å². The fourth-order valence-electron chi connectivity index (χ4n) is 1.82. The molecule has 0 saturated carbocycles. The summed E-state index contributed by atoms with van der Waals surface area (Å²) in [5, 5.41) is 5.97. The molecule has 0 rings (SSSR count). The third kappa shape index (κ3) is 3.34. The van der Waals surface area contributed by atoms with Gasteiger partial charge in [-0.15, -0.1) is 0 Å². The van der Waals surface area contributed by atoms with Crippen LogP contribution in [0.25, 0.3) is 0 Å². The Morgan fingerprint density at radius 2 is 1.50 bits per heavy atom. The first kappa shape index (κ1) is 12.3. The molecule has 0 saturated heterocycles. The average molecular weight is 229 g/mol. The summed E-state index contributed by atoms with van der Waals surface area (Å²) in [4.78, 5) is 0. The standard InChI is InChI=1S/C11H24Ge/c1-6-11(5)10-12(7-2,8-3)9-4/h6H,7-10H2,1-5H3/b11-6-. The fraction of sp³-hybridized carbons (Fsp3) is 0.818. The van der Waals surface area contributed by atoms with E-state index in [0.717, 1.165) is 0 Å². The van der Waals surface area contributed by atoms with Gasteiger partial charge in [0.1, 0.15) is 0 Å². The van der Waals surface area contributed by atoms with E-state index in [4.69, 9.17) is 0 Å². The van der Waals surface area contributed by atoms with E-state index in [0.29, 0.717) is 0 Å². The van der Waals surface area contributed by atoms with Gasteiger partial charge in [-0.1, -0.05) is 0 Å². The average Bonchev–Trinajstić information content (AvgIpc) is 2.14. The van der Waals surface area contributed by atoms with Gasteiger partial charge in [-0.05, 0) is 0 Å². The fourth-order valence-corrected chi connectivity index (χ4v) is 9.45. The number of rotatable bonds is 5. The molecule has 1 heteroatoms. The second-order valence-corrected chi connectivity index (χ2v) is 15.4. The van der Waals surface area contributed by atoms with Gasteiger partial charge < -0.3 is 0 Å². The molecule has 0 aliphatic rings. The van der Waals surface area contributed by atoms with Crippen molar-refractivity contribution in [3.63, 3.8) is 0 Å². The Balaban J connectivity index is 4.30. The molecule has 0 nitrogen and oxygen atoms in total. The van der Waals surface area contributed by atoms with Crippen molar-refractivity contribution in [2.24, 2.45) is 0 Å². The van der Waals surface area contributed by atoms with Gasteiger partial charge in [0.05, 0.1) is 0 Å². The summed E-state index contributed by atoms with van der Waals surface area (Å²) >= 11 is -1.38. The first-order valence-corrected chi connectivity index (χ1v) is 11.2. The molecule has 0 amide bonds. The molecule has 0 aromatic carbocycles. The van der Waals surface area contributed by atoms with Crippen LogP contribution in [-0.2, 0) is 0 Å². The summed E-state index contributed by atoms with van der Waals surface area (Å²) in [5.74, 6) is 0. The zero-order valence-corrected chi connectivity index (χ0v) is 11.5. The van der Waals surface area contributed by atoms with E-state index in [1.165, 1.54) is 21.0 Å². The van der Waals surface area contributed by atoms with Crippen molar-refractivity contribution >= 4 is 13.3 Å². The Hall–Kier alpha value is 0.283. The van der Waals surface area contributed by atoms with Crippen LogP contribution < -0.4 is 0 Å². The Labute approximate surface area is 80.8 Å². The van der Waals surface area contributed by atoms with Gasteiger partial charge in [0, 0.05) is 0 Å². The van der Waals surface area contributed by atoms with Gasteiger partial charge in [0.2, 0.25) is 0 Å². The third-order valence-corrected chi connectivity index (χ3v) is 15.6. The van der Waals surface area contributed by atoms with Gasteiger partial charge in [0.15, 0.2) is 0 Å². The Morgan fingerprint density at radius 1 is 1.08 bits per heavy atom. The number of allylic oxidation sites excluding steroid dienone is 2. The van der Waals surface area contributed by atoms with E-state index in [-0.39, 0.29) is 0 Å². The maximum absolute atomic E-state index is 2.40. The molecule has 0 heterocycles. The van der Waals surface area contributed by atoms with Crippen molar-refractivity contribution in [3.8, 4) is 0 Å². The molecule has 0 atom stereocenters. The summed E-state index contributed by atoms with van der Waals surface area (Å²) in [6.45, 7) is 11.7. The third-order valence-electron chi connectivity index (χ3n) is 3.40. The first-order valence-electron chi connectivity index (χ1n) is 5.26. The zero-order valence-electron chi connectivity index (χ0n) is 9.41. The van der Waals surface area contributed by atoms with E-state index in [1.54, 1.807) is 5.57 Å². The van der Waals surface area contributed by atoms with Crippen molar-refractivity contribution in [3.05, 3.63) is 11.6 Å². The Bertz CT molecular complexity index is 135. The summed E-state index contributed by atoms with van der Waals surface area (Å²) in [6, 6.07) is 0. The molecule has 0 radical (unpaired) electrons. The van der Waals surface area contributed by atoms with E-state index < -0.39 is 13.3 Å². The van der Waals surface area contributed by atoms with Gasteiger partial charge in [0.25, 0.3) is 0 Å². The van der Waals surface area contributed by atoms with Crippen molar-refractivity contribution in [2.45, 2.75) is 55.6 Å². The van der Waals surface area contributed by atoms with Crippen molar-refractivity contribution in [1.29, 1.82) is 0 Å². The minimum atomic E-state index is -1.38. The molecular weight excluding hydrogens is 205 g/mol. The van der Waals surface area contributed by atoms with Crippen LogP contribution in [0.3, 0.4) is 0 Å². The van der Waals surface area contributed by atoms with Gasteiger partial charge >= 0.3 is 80.5 Å². The quantitative estimate of drug-likeness (QED) is 0.482. The zero-order chi connectivity index (χ0) is 9.61. The molecule has 0 spiro atoms. The van der Waals surface area contributed by atoms with Crippen LogP contribution in [0.5, 0.6) is 0 Å². The number of hydrogen-bond donors (Lipinski definition) is 0. The van der Waals surface area contributed by atoms with Gasteiger partial charge in [-0.3, -0.25) is 0 Å². The predicted molar refractivity (Wildman–Crippen MR) is 61.4 cm³/mol. The van der Waals surface area contributed by atoms with E-state index >= 15 is 0 Å². The predicted octanol–water partition coefficient (Wildman–Crippen LogP) is 4.46. The molecule has 72 valence electrons.